The van der Waals surface area contributed by atoms with Crippen molar-refractivity contribution < 1.29 is 14.6 Å². The van der Waals surface area contributed by atoms with E-state index >= 15 is 0 Å². The zero-order chi connectivity index (χ0) is 13.1. The highest BCUT2D eigenvalue weighted by molar-refractivity contribution is 5.94. The topological polar surface area (TPSA) is 89.2 Å². The summed E-state index contributed by atoms with van der Waals surface area (Å²) < 4.78 is 0.691. The van der Waals surface area contributed by atoms with Crippen molar-refractivity contribution in [1.29, 1.82) is 0 Å². The molecule has 1 amide bonds. The van der Waals surface area contributed by atoms with Gasteiger partial charge in [-0.2, -0.15) is 4.73 Å². The van der Waals surface area contributed by atoms with Gasteiger partial charge >= 0.3 is 0 Å². The van der Waals surface area contributed by atoms with Crippen LogP contribution in [0.3, 0.4) is 0 Å². The molecule has 94 valence electrons. The van der Waals surface area contributed by atoms with Crippen LogP contribution in [0.2, 0.25) is 0 Å². The number of hydrogen-bond acceptors (Lipinski definition) is 4. The first kappa shape index (κ1) is 12.3. The molecule has 0 spiro atoms. The van der Waals surface area contributed by atoms with E-state index < -0.39 is 5.91 Å². The lowest BCUT2D eigenvalue weighted by molar-refractivity contribution is -0.584. The molecule has 1 heterocycles. The van der Waals surface area contributed by atoms with Gasteiger partial charge in [-0.25, -0.2) is 4.98 Å². The summed E-state index contributed by atoms with van der Waals surface area (Å²) in [5, 5.41) is 23.1. The highest BCUT2D eigenvalue weighted by atomic mass is 16.5. The van der Waals surface area contributed by atoms with E-state index in [0.29, 0.717) is 15.8 Å². The number of carbonyl (C=O) groups excluding carboxylic acids is 1. The van der Waals surface area contributed by atoms with Gasteiger partial charge in [-0.05, 0) is 6.07 Å². The summed E-state index contributed by atoms with van der Waals surface area (Å²) in [4.78, 5) is 16.0. The Hall–Kier alpha value is -2.21. The number of para-hydroxylation sites is 2. The molecule has 0 bridgehead atoms. The van der Waals surface area contributed by atoms with Gasteiger partial charge in [-0.15, -0.1) is 0 Å². The fourth-order valence-electron chi connectivity index (χ4n) is 1.68. The van der Waals surface area contributed by atoms with Crippen molar-refractivity contribution in [3.05, 3.63) is 40.9 Å². The Morgan fingerprint density at radius 1 is 1.50 bits per heavy atom. The van der Waals surface area contributed by atoms with Crippen molar-refractivity contribution in [3.8, 4) is 0 Å². The Kier molecular flexibility index (Phi) is 3.38. The number of hydrogen-bond donors (Lipinski definition) is 2. The third-order valence-electron chi connectivity index (χ3n) is 2.59. The van der Waals surface area contributed by atoms with Gasteiger partial charge in [0, 0.05) is 19.5 Å². The normalized spacial score (nSPS) is 10.6. The molecule has 0 fully saturated rings. The molecule has 2 N–H and O–H groups in total. The Morgan fingerprint density at radius 3 is 2.94 bits per heavy atom. The molecule has 6 heteroatoms. The molecule has 1 aromatic heterocycles. The third-order valence-corrected chi connectivity index (χ3v) is 2.59. The quantitative estimate of drug-likeness (QED) is 0.585. The zero-order valence-electron chi connectivity index (χ0n) is 9.88. The van der Waals surface area contributed by atoms with Gasteiger partial charge in [0.2, 0.25) is 11.2 Å². The van der Waals surface area contributed by atoms with Gasteiger partial charge < -0.3 is 15.6 Å². The van der Waals surface area contributed by atoms with Crippen LogP contribution in [0.15, 0.2) is 24.3 Å². The van der Waals surface area contributed by atoms with E-state index in [2.05, 4.69) is 10.3 Å². The number of nitrogens with one attached hydrogen (secondary N) is 1. The maximum Gasteiger partial charge on any atom is 0.276 e. The van der Waals surface area contributed by atoms with E-state index in [9.17, 15) is 10.0 Å². The number of aliphatic hydroxyl groups excluding tert-OH is 1. The van der Waals surface area contributed by atoms with E-state index in [1.54, 1.807) is 31.2 Å². The number of aromatic nitrogens is 2. The molecular formula is C12H13N3O3. The van der Waals surface area contributed by atoms with Crippen molar-refractivity contribution in [1.82, 2.24) is 10.3 Å². The molecule has 0 saturated carbocycles. The Morgan fingerprint density at radius 2 is 2.22 bits per heavy atom. The summed E-state index contributed by atoms with van der Waals surface area (Å²) in [6, 6.07) is 6.81. The zero-order valence-corrected chi connectivity index (χ0v) is 9.88. The van der Waals surface area contributed by atoms with Crippen LogP contribution in [-0.4, -0.2) is 29.1 Å². The highest BCUT2D eigenvalue weighted by Crippen LogP contribution is 2.10. The van der Waals surface area contributed by atoms with Crippen molar-refractivity contribution >= 4 is 16.9 Å². The Balaban J connectivity index is 2.51. The first-order chi connectivity index (χ1) is 8.65. The van der Waals surface area contributed by atoms with Crippen LogP contribution in [-0.2, 0) is 0 Å². The van der Waals surface area contributed by atoms with Crippen molar-refractivity contribution in [2.45, 2.75) is 6.92 Å². The molecule has 2 rings (SSSR count). The minimum Gasteiger partial charge on any atom is -0.618 e. The fraction of sp³-hybridized carbons (Fsp3) is 0.250. The van der Waals surface area contributed by atoms with Crippen molar-refractivity contribution in [3.63, 3.8) is 0 Å². The van der Waals surface area contributed by atoms with E-state index in [0.717, 1.165) is 0 Å². The van der Waals surface area contributed by atoms with E-state index in [-0.39, 0.29) is 24.5 Å². The fourth-order valence-corrected chi connectivity index (χ4v) is 1.68. The van der Waals surface area contributed by atoms with Crippen LogP contribution in [0.1, 0.15) is 16.2 Å². The molecule has 0 saturated heterocycles. The molecule has 2 aromatic rings. The van der Waals surface area contributed by atoms with E-state index in [4.69, 9.17) is 5.11 Å². The molecule has 0 aliphatic rings. The number of fused-ring (bicyclic) bond motifs is 1. The van der Waals surface area contributed by atoms with Crippen LogP contribution in [0, 0.1) is 12.1 Å². The lowest BCUT2D eigenvalue weighted by Gasteiger charge is -2.08. The van der Waals surface area contributed by atoms with E-state index in [1.165, 1.54) is 0 Å². The molecular weight excluding hydrogens is 234 g/mol. The van der Waals surface area contributed by atoms with Crippen molar-refractivity contribution in [2.24, 2.45) is 0 Å². The lowest BCUT2D eigenvalue weighted by Crippen LogP contribution is -2.37. The first-order valence-electron chi connectivity index (χ1n) is 5.53. The molecule has 1 aromatic carbocycles. The molecule has 0 unspecified atom stereocenters. The number of benzene rings is 1. The summed E-state index contributed by atoms with van der Waals surface area (Å²) in [7, 11) is 0. The largest absolute Gasteiger partial charge is 0.618 e. The minimum atomic E-state index is -0.461. The number of nitrogens with zero attached hydrogens (tertiary/aromatic N) is 2. The number of carbonyl (C=O) groups is 1. The average Bonchev–Trinajstić information content (AvgIpc) is 2.40. The Labute approximate surface area is 103 Å². The number of aliphatic hydroxyl groups is 1. The SMILES string of the molecule is Cc1c(C(=O)NCCO)nc2ccccc2[n+]1[O-]. The summed E-state index contributed by atoms with van der Waals surface area (Å²) in [5.74, 6) is -0.461. The maximum atomic E-state index is 12.0. The van der Waals surface area contributed by atoms with Crippen molar-refractivity contribution in [2.75, 3.05) is 13.2 Å². The van der Waals surface area contributed by atoms with Gasteiger partial charge in [0.15, 0.2) is 5.69 Å². The van der Waals surface area contributed by atoms with Crippen LogP contribution in [0.5, 0.6) is 0 Å². The van der Waals surface area contributed by atoms with E-state index in [1.807, 2.05) is 0 Å². The van der Waals surface area contributed by atoms with Gasteiger partial charge in [-0.3, -0.25) is 4.79 Å². The van der Waals surface area contributed by atoms with Gasteiger partial charge in [-0.1, -0.05) is 12.1 Å². The first-order valence-corrected chi connectivity index (χ1v) is 5.53. The van der Waals surface area contributed by atoms with Crippen LogP contribution in [0.4, 0.5) is 0 Å². The summed E-state index contributed by atoms with van der Waals surface area (Å²) in [6.45, 7) is 1.52. The standard InChI is InChI=1S/C12H13N3O3/c1-8-11(12(17)13-6-7-16)14-9-4-2-3-5-10(9)15(8)18/h2-5,16H,6-7H2,1H3,(H,13,17). The third kappa shape index (κ3) is 2.10. The summed E-state index contributed by atoms with van der Waals surface area (Å²) in [6.07, 6.45) is 0. The monoisotopic (exact) mass is 247 g/mol. The molecule has 0 radical (unpaired) electrons. The van der Waals surface area contributed by atoms with Gasteiger partial charge in [0.25, 0.3) is 5.91 Å². The highest BCUT2D eigenvalue weighted by Gasteiger charge is 2.20. The van der Waals surface area contributed by atoms with Gasteiger partial charge in [0.05, 0.1) is 6.61 Å². The molecule has 6 nitrogen and oxygen atoms in total. The second-order valence-electron chi connectivity index (χ2n) is 3.81. The molecule has 18 heavy (non-hydrogen) atoms. The molecule has 0 atom stereocenters. The van der Waals surface area contributed by atoms with Crippen LogP contribution in [0.25, 0.3) is 11.0 Å². The summed E-state index contributed by atoms with van der Waals surface area (Å²) >= 11 is 0. The predicted octanol–water partition coefficient (Wildman–Crippen LogP) is -0.101. The summed E-state index contributed by atoms with van der Waals surface area (Å²) in [5.41, 5.74) is 1.21. The predicted molar refractivity (Wildman–Crippen MR) is 64.9 cm³/mol. The smallest absolute Gasteiger partial charge is 0.276 e. The minimum absolute atomic E-state index is 0.0807. The number of amides is 1. The maximum absolute atomic E-state index is 12.0. The second kappa shape index (κ2) is 4.97. The second-order valence-corrected chi connectivity index (χ2v) is 3.81. The van der Waals surface area contributed by atoms with Crippen LogP contribution < -0.4 is 10.0 Å². The average molecular weight is 247 g/mol. The number of rotatable bonds is 3. The lowest BCUT2D eigenvalue weighted by atomic mass is 10.2. The molecule has 0 aliphatic heterocycles. The Bertz CT molecular complexity index is 598. The molecule has 0 aliphatic carbocycles. The van der Waals surface area contributed by atoms with Crippen LogP contribution >= 0.6 is 0 Å². The van der Waals surface area contributed by atoms with Gasteiger partial charge in [0.1, 0.15) is 5.52 Å².